The molecular weight excluding hydrogens is 333 g/mol. The number of nitrogens with one attached hydrogen (secondary N) is 1. The van der Waals surface area contributed by atoms with Crippen molar-refractivity contribution in [1.82, 2.24) is 0 Å². The summed E-state index contributed by atoms with van der Waals surface area (Å²) in [7, 11) is 0. The summed E-state index contributed by atoms with van der Waals surface area (Å²) in [5, 5.41) is 3.63. The van der Waals surface area contributed by atoms with E-state index in [4.69, 9.17) is 27.9 Å². The SMILES string of the molecule is CC[C@@H](C)c1ccc(OCC(=O)Nc2cc(Cl)cc(Cl)c2)cc1. The lowest BCUT2D eigenvalue weighted by atomic mass is 9.99. The minimum absolute atomic E-state index is 0.0766. The zero-order chi connectivity index (χ0) is 16.8. The van der Waals surface area contributed by atoms with Crippen molar-refractivity contribution in [2.75, 3.05) is 11.9 Å². The summed E-state index contributed by atoms with van der Waals surface area (Å²) < 4.78 is 5.49. The van der Waals surface area contributed by atoms with E-state index < -0.39 is 0 Å². The quantitative estimate of drug-likeness (QED) is 0.743. The van der Waals surface area contributed by atoms with Crippen LogP contribution in [-0.4, -0.2) is 12.5 Å². The van der Waals surface area contributed by atoms with Gasteiger partial charge in [-0.3, -0.25) is 4.79 Å². The molecule has 0 saturated carbocycles. The topological polar surface area (TPSA) is 38.3 Å². The first-order valence-corrected chi connectivity index (χ1v) is 8.22. The molecule has 0 aromatic heterocycles. The van der Waals surface area contributed by atoms with Crippen molar-refractivity contribution in [1.29, 1.82) is 0 Å². The summed E-state index contributed by atoms with van der Waals surface area (Å²) in [6.07, 6.45) is 1.09. The number of carbonyl (C=O) groups excluding carboxylic acids is 1. The van der Waals surface area contributed by atoms with Gasteiger partial charge in [0.05, 0.1) is 0 Å². The largest absolute Gasteiger partial charge is 0.484 e. The lowest BCUT2D eigenvalue weighted by molar-refractivity contribution is -0.118. The highest BCUT2D eigenvalue weighted by atomic mass is 35.5. The van der Waals surface area contributed by atoms with Crippen LogP contribution in [0.15, 0.2) is 42.5 Å². The number of carbonyl (C=O) groups is 1. The number of rotatable bonds is 6. The Bertz CT molecular complexity index is 651. The van der Waals surface area contributed by atoms with Crippen LogP contribution < -0.4 is 10.1 Å². The molecule has 2 aromatic rings. The molecule has 0 saturated heterocycles. The van der Waals surface area contributed by atoms with E-state index in [0.717, 1.165) is 6.42 Å². The van der Waals surface area contributed by atoms with Gasteiger partial charge in [-0.2, -0.15) is 0 Å². The third-order valence-corrected chi connectivity index (χ3v) is 4.01. The van der Waals surface area contributed by atoms with E-state index in [9.17, 15) is 4.79 Å². The zero-order valence-corrected chi connectivity index (χ0v) is 14.6. The molecule has 2 aromatic carbocycles. The van der Waals surface area contributed by atoms with Crippen molar-refractivity contribution >= 4 is 34.8 Å². The van der Waals surface area contributed by atoms with Crippen molar-refractivity contribution in [2.45, 2.75) is 26.2 Å². The molecule has 2 rings (SSSR count). The first-order chi connectivity index (χ1) is 11.0. The van der Waals surface area contributed by atoms with E-state index in [0.29, 0.717) is 27.4 Å². The van der Waals surface area contributed by atoms with Crippen LogP contribution in [0.3, 0.4) is 0 Å². The maximum absolute atomic E-state index is 11.9. The summed E-state index contributed by atoms with van der Waals surface area (Å²) in [4.78, 5) is 11.9. The summed E-state index contributed by atoms with van der Waals surface area (Å²) >= 11 is 11.8. The van der Waals surface area contributed by atoms with Crippen LogP contribution in [0.2, 0.25) is 10.0 Å². The molecule has 0 aliphatic rings. The van der Waals surface area contributed by atoms with E-state index in [-0.39, 0.29) is 12.5 Å². The van der Waals surface area contributed by atoms with Gasteiger partial charge >= 0.3 is 0 Å². The second kappa shape index (κ2) is 8.23. The zero-order valence-electron chi connectivity index (χ0n) is 13.1. The summed E-state index contributed by atoms with van der Waals surface area (Å²) in [5.41, 5.74) is 1.81. The summed E-state index contributed by atoms with van der Waals surface area (Å²) in [6, 6.07) is 12.7. The van der Waals surface area contributed by atoms with Gasteiger partial charge < -0.3 is 10.1 Å². The molecule has 0 heterocycles. The van der Waals surface area contributed by atoms with Gasteiger partial charge in [0.25, 0.3) is 5.91 Å². The minimum atomic E-state index is -0.269. The van der Waals surface area contributed by atoms with Crippen molar-refractivity contribution in [3.8, 4) is 5.75 Å². The molecule has 0 aliphatic carbocycles. The predicted octanol–water partition coefficient (Wildman–Crippen LogP) is 5.52. The molecule has 23 heavy (non-hydrogen) atoms. The first kappa shape index (κ1) is 17.6. The van der Waals surface area contributed by atoms with Crippen LogP contribution >= 0.6 is 23.2 Å². The Labute approximate surface area is 146 Å². The van der Waals surface area contributed by atoms with Gasteiger partial charge in [0.15, 0.2) is 6.61 Å². The van der Waals surface area contributed by atoms with Crippen LogP contribution in [-0.2, 0) is 4.79 Å². The van der Waals surface area contributed by atoms with Gasteiger partial charge in [-0.05, 0) is 48.2 Å². The molecule has 0 spiro atoms. The fourth-order valence-corrected chi connectivity index (χ4v) is 2.63. The first-order valence-electron chi connectivity index (χ1n) is 7.46. The molecule has 1 N–H and O–H groups in total. The van der Waals surface area contributed by atoms with Crippen molar-refractivity contribution in [2.24, 2.45) is 0 Å². The summed E-state index contributed by atoms with van der Waals surface area (Å²) in [6.45, 7) is 4.26. The third kappa shape index (κ3) is 5.45. The number of hydrogen-bond acceptors (Lipinski definition) is 2. The second-order valence-corrected chi connectivity index (χ2v) is 6.25. The van der Waals surface area contributed by atoms with Crippen LogP contribution in [0.25, 0.3) is 0 Å². The maximum Gasteiger partial charge on any atom is 0.262 e. The molecular formula is C18H19Cl2NO2. The molecule has 0 unspecified atom stereocenters. The monoisotopic (exact) mass is 351 g/mol. The fourth-order valence-electron chi connectivity index (χ4n) is 2.10. The Hall–Kier alpha value is -1.71. The van der Waals surface area contributed by atoms with Gasteiger partial charge in [0.2, 0.25) is 0 Å². The van der Waals surface area contributed by atoms with Crippen LogP contribution in [0.4, 0.5) is 5.69 Å². The van der Waals surface area contributed by atoms with Gasteiger partial charge in [0.1, 0.15) is 5.75 Å². The Kier molecular flexibility index (Phi) is 6.31. The highest BCUT2D eigenvalue weighted by Crippen LogP contribution is 2.23. The average Bonchev–Trinajstić information content (AvgIpc) is 2.51. The second-order valence-electron chi connectivity index (χ2n) is 5.37. The van der Waals surface area contributed by atoms with Crippen LogP contribution in [0.5, 0.6) is 5.75 Å². The van der Waals surface area contributed by atoms with Crippen molar-refractivity contribution in [3.05, 3.63) is 58.1 Å². The molecule has 5 heteroatoms. The maximum atomic E-state index is 11.9. The van der Waals surface area contributed by atoms with Crippen molar-refractivity contribution in [3.63, 3.8) is 0 Å². The van der Waals surface area contributed by atoms with E-state index in [2.05, 4.69) is 19.2 Å². The lowest BCUT2D eigenvalue weighted by Crippen LogP contribution is -2.20. The van der Waals surface area contributed by atoms with Gasteiger partial charge in [0, 0.05) is 15.7 Å². The smallest absolute Gasteiger partial charge is 0.262 e. The number of benzene rings is 2. The Balaban J connectivity index is 1.89. The Morgan fingerprint density at radius 2 is 1.74 bits per heavy atom. The molecule has 1 amide bonds. The minimum Gasteiger partial charge on any atom is -0.484 e. The number of ether oxygens (including phenoxy) is 1. The molecule has 0 bridgehead atoms. The number of halogens is 2. The van der Waals surface area contributed by atoms with Crippen LogP contribution in [0, 0.1) is 0 Å². The molecule has 1 atom stereocenters. The Morgan fingerprint density at radius 3 is 2.30 bits per heavy atom. The summed E-state index contributed by atoms with van der Waals surface area (Å²) in [5.74, 6) is 0.908. The number of amides is 1. The van der Waals surface area contributed by atoms with E-state index >= 15 is 0 Å². The van der Waals surface area contributed by atoms with Gasteiger partial charge in [-0.1, -0.05) is 49.2 Å². The highest BCUT2D eigenvalue weighted by molar-refractivity contribution is 6.35. The Morgan fingerprint density at radius 1 is 1.13 bits per heavy atom. The number of anilines is 1. The van der Waals surface area contributed by atoms with Gasteiger partial charge in [-0.15, -0.1) is 0 Å². The predicted molar refractivity (Wildman–Crippen MR) is 95.7 cm³/mol. The normalized spacial score (nSPS) is 11.8. The van der Waals surface area contributed by atoms with E-state index in [1.165, 1.54) is 5.56 Å². The highest BCUT2D eigenvalue weighted by Gasteiger charge is 2.07. The molecule has 122 valence electrons. The van der Waals surface area contributed by atoms with E-state index in [1.54, 1.807) is 18.2 Å². The van der Waals surface area contributed by atoms with Crippen molar-refractivity contribution < 1.29 is 9.53 Å². The molecule has 0 radical (unpaired) electrons. The third-order valence-electron chi connectivity index (χ3n) is 3.58. The molecule has 3 nitrogen and oxygen atoms in total. The van der Waals surface area contributed by atoms with Gasteiger partial charge in [-0.25, -0.2) is 0 Å². The van der Waals surface area contributed by atoms with Crippen LogP contribution in [0.1, 0.15) is 31.7 Å². The number of hydrogen-bond donors (Lipinski definition) is 1. The lowest BCUT2D eigenvalue weighted by Gasteiger charge is -2.11. The molecule has 0 aliphatic heterocycles. The van der Waals surface area contributed by atoms with E-state index in [1.807, 2.05) is 24.3 Å². The molecule has 0 fully saturated rings. The standard InChI is InChI=1S/C18H19Cl2NO2/c1-3-12(2)13-4-6-17(7-5-13)23-11-18(22)21-16-9-14(19)8-15(20)10-16/h4-10,12H,3,11H2,1-2H3,(H,21,22)/t12-/m1/s1. The average molecular weight is 352 g/mol. The fraction of sp³-hybridized carbons (Fsp3) is 0.278.